The number of rotatable bonds is 4. The topological polar surface area (TPSA) is 38.3 Å². The fourth-order valence-corrected chi connectivity index (χ4v) is 2.61. The molecule has 0 aromatic heterocycles. The first-order valence-corrected chi connectivity index (χ1v) is 7.91. The Balaban J connectivity index is 2.04. The van der Waals surface area contributed by atoms with Gasteiger partial charge in [-0.25, -0.2) is 0 Å². The molecule has 0 fully saturated rings. The lowest BCUT2D eigenvalue weighted by atomic mass is 10.2. The maximum Gasteiger partial charge on any atom is 0.265 e. The van der Waals surface area contributed by atoms with Gasteiger partial charge >= 0.3 is 0 Å². The average Bonchev–Trinajstić information content (AvgIpc) is 2.44. The molecule has 5 heteroatoms. The van der Waals surface area contributed by atoms with Crippen LogP contribution in [0.3, 0.4) is 0 Å². The van der Waals surface area contributed by atoms with E-state index in [1.54, 1.807) is 19.1 Å². The van der Waals surface area contributed by atoms with Crippen molar-refractivity contribution in [2.45, 2.75) is 20.0 Å². The number of carbonyl (C=O) groups is 1. The SMILES string of the molecule is Cc1cc(I)ccc1NC(=O)[C@@H](C)Oc1ccccc1Cl. The molecule has 2 rings (SSSR count). The van der Waals surface area contributed by atoms with E-state index < -0.39 is 6.10 Å². The first-order chi connectivity index (χ1) is 9.97. The Labute approximate surface area is 142 Å². The van der Waals surface area contributed by atoms with Crippen molar-refractivity contribution in [3.63, 3.8) is 0 Å². The summed E-state index contributed by atoms with van der Waals surface area (Å²) in [5.41, 5.74) is 1.80. The van der Waals surface area contributed by atoms with Gasteiger partial charge in [0.15, 0.2) is 6.10 Å². The molecule has 1 atom stereocenters. The molecule has 0 unspecified atom stereocenters. The van der Waals surface area contributed by atoms with E-state index in [0.29, 0.717) is 10.8 Å². The van der Waals surface area contributed by atoms with E-state index in [-0.39, 0.29) is 5.91 Å². The Bertz CT molecular complexity index is 660. The molecule has 1 N–H and O–H groups in total. The number of aryl methyl sites for hydroxylation is 1. The lowest BCUT2D eigenvalue weighted by Crippen LogP contribution is -2.30. The summed E-state index contributed by atoms with van der Waals surface area (Å²) >= 11 is 8.25. The number of hydrogen-bond donors (Lipinski definition) is 1. The van der Waals surface area contributed by atoms with Crippen molar-refractivity contribution in [3.8, 4) is 5.75 Å². The van der Waals surface area contributed by atoms with E-state index in [2.05, 4.69) is 27.9 Å². The Morgan fingerprint density at radius 2 is 2.00 bits per heavy atom. The van der Waals surface area contributed by atoms with Crippen molar-refractivity contribution in [2.24, 2.45) is 0 Å². The van der Waals surface area contributed by atoms with Crippen LogP contribution in [-0.4, -0.2) is 12.0 Å². The number of hydrogen-bond acceptors (Lipinski definition) is 2. The van der Waals surface area contributed by atoms with Crippen LogP contribution in [0.2, 0.25) is 5.02 Å². The Morgan fingerprint density at radius 3 is 2.67 bits per heavy atom. The number of anilines is 1. The van der Waals surface area contributed by atoms with Crippen molar-refractivity contribution in [3.05, 3.63) is 56.6 Å². The maximum absolute atomic E-state index is 12.2. The molecule has 21 heavy (non-hydrogen) atoms. The molecule has 0 saturated carbocycles. The fraction of sp³-hybridized carbons (Fsp3) is 0.188. The van der Waals surface area contributed by atoms with Crippen LogP contribution in [0.25, 0.3) is 0 Å². The zero-order chi connectivity index (χ0) is 15.4. The summed E-state index contributed by atoms with van der Waals surface area (Å²) in [6, 6.07) is 12.9. The summed E-state index contributed by atoms with van der Waals surface area (Å²) in [5.74, 6) is 0.292. The van der Waals surface area contributed by atoms with Gasteiger partial charge in [-0.05, 0) is 72.3 Å². The minimum Gasteiger partial charge on any atom is -0.479 e. The van der Waals surface area contributed by atoms with Gasteiger partial charge in [0.05, 0.1) is 5.02 Å². The Hall–Kier alpha value is -1.27. The molecule has 3 nitrogen and oxygen atoms in total. The van der Waals surface area contributed by atoms with E-state index in [1.807, 2.05) is 37.3 Å². The van der Waals surface area contributed by atoms with E-state index in [9.17, 15) is 4.79 Å². The zero-order valence-corrected chi connectivity index (χ0v) is 14.6. The third kappa shape index (κ3) is 4.35. The molecule has 2 aromatic rings. The molecule has 0 radical (unpaired) electrons. The lowest BCUT2D eigenvalue weighted by Gasteiger charge is -2.16. The predicted molar refractivity (Wildman–Crippen MR) is 94.1 cm³/mol. The molecule has 1 amide bonds. The summed E-state index contributed by atoms with van der Waals surface area (Å²) in [6.45, 7) is 3.65. The largest absolute Gasteiger partial charge is 0.479 e. The highest BCUT2D eigenvalue weighted by molar-refractivity contribution is 14.1. The van der Waals surface area contributed by atoms with Crippen molar-refractivity contribution in [1.29, 1.82) is 0 Å². The van der Waals surface area contributed by atoms with Crippen LogP contribution < -0.4 is 10.1 Å². The van der Waals surface area contributed by atoms with Gasteiger partial charge in [0.2, 0.25) is 0 Å². The molecular formula is C16H15ClINO2. The van der Waals surface area contributed by atoms with E-state index in [0.717, 1.165) is 14.8 Å². The summed E-state index contributed by atoms with van der Waals surface area (Å²) in [7, 11) is 0. The van der Waals surface area contributed by atoms with Crippen molar-refractivity contribution in [2.75, 3.05) is 5.32 Å². The second-order valence-electron chi connectivity index (χ2n) is 4.64. The maximum atomic E-state index is 12.2. The minimum absolute atomic E-state index is 0.209. The summed E-state index contributed by atoms with van der Waals surface area (Å²) < 4.78 is 6.73. The smallest absolute Gasteiger partial charge is 0.265 e. The highest BCUT2D eigenvalue weighted by Gasteiger charge is 2.16. The molecule has 0 aliphatic carbocycles. The summed E-state index contributed by atoms with van der Waals surface area (Å²) in [5, 5.41) is 3.36. The number of halogens is 2. The molecule has 0 aliphatic rings. The Morgan fingerprint density at radius 1 is 1.29 bits per heavy atom. The van der Waals surface area contributed by atoms with Crippen molar-refractivity contribution >= 4 is 45.8 Å². The zero-order valence-electron chi connectivity index (χ0n) is 11.7. The molecule has 0 aliphatic heterocycles. The van der Waals surface area contributed by atoms with Crippen LogP contribution in [0.15, 0.2) is 42.5 Å². The van der Waals surface area contributed by atoms with Crippen molar-refractivity contribution in [1.82, 2.24) is 0 Å². The van der Waals surface area contributed by atoms with Crippen LogP contribution in [0.1, 0.15) is 12.5 Å². The molecule has 110 valence electrons. The van der Waals surface area contributed by atoms with E-state index in [4.69, 9.17) is 16.3 Å². The highest BCUT2D eigenvalue weighted by Crippen LogP contribution is 2.24. The van der Waals surface area contributed by atoms with Gasteiger partial charge in [-0.1, -0.05) is 23.7 Å². The molecule has 2 aromatic carbocycles. The Kier molecular flexibility index (Phi) is 5.47. The van der Waals surface area contributed by atoms with Crippen LogP contribution in [0.5, 0.6) is 5.75 Å². The lowest BCUT2D eigenvalue weighted by molar-refractivity contribution is -0.122. The number of benzene rings is 2. The number of para-hydroxylation sites is 1. The first-order valence-electron chi connectivity index (χ1n) is 6.45. The second kappa shape index (κ2) is 7.13. The standard InChI is InChI=1S/C16H15ClINO2/c1-10-9-12(18)7-8-14(10)19-16(20)11(2)21-15-6-4-3-5-13(15)17/h3-9,11H,1-2H3,(H,19,20)/t11-/m1/s1. The fourth-order valence-electron chi connectivity index (χ4n) is 1.79. The van der Waals surface area contributed by atoms with E-state index >= 15 is 0 Å². The van der Waals surface area contributed by atoms with Gasteiger partial charge in [-0.3, -0.25) is 4.79 Å². The number of ether oxygens (including phenoxy) is 1. The van der Waals surface area contributed by atoms with Crippen molar-refractivity contribution < 1.29 is 9.53 Å². The molecule has 0 heterocycles. The quantitative estimate of drug-likeness (QED) is 0.738. The molecule has 0 saturated heterocycles. The molecule has 0 spiro atoms. The molecular weight excluding hydrogens is 401 g/mol. The minimum atomic E-state index is -0.636. The third-order valence-electron chi connectivity index (χ3n) is 2.96. The predicted octanol–water partition coefficient (Wildman–Crippen LogP) is 4.66. The van der Waals surface area contributed by atoms with Gasteiger partial charge < -0.3 is 10.1 Å². The average molecular weight is 416 g/mol. The van der Waals surface area contributed by atoms with Crippen LogP contribution in [0.4, 0.5) is 5.69 Å². The number of carbonyl (C=O) groups excluding carboxylic acids is 1. The highest BCUT2D eigenvalue weighted by atomic mass is 127. The van der Waals surface area contributed by atoms with Gasteiger partial charge in [0.1, 0.15) is 5.75 Å². The van der Waals surface area contributed by atoms with E-state index in [1.165, 1.54) is 0 Å². The summed E-state index contributed by atoms with van der Waals surface area (Å²) in [4.78, 5) is 12.2. The first kappa shape index (κ1) is 16.1. The molecule has 0 bridgehead atoms. The summed E-state index contributed by atoms with van der Waals surface area (Å²) in [6.07, 6.45) is -0.636. The number of amides is 1. The third-order valence-corrected chi connectivity index (χ3v) is 3.94. The normalized spacial score (nSPS) is 11.8. The van der Waals surface area contributed by atoms with Gasteiger partial charge in [-0.15, -0.1) is 0 Å². The van der Waals surface area contributed by atoms with Crippen LogP contribution in [-0.2, 0) is 4.79 Å². The monoisotopic (exact) mass is 415 g/mol. The number of nitrogens with one attached hydrogen (secondary N) is 1. The van der Waals surface area contributed by atoms with Gasteiger partial charge in [0.25, 0.3) is 5.91 Å². The second-order valence-corrected chi connectivity index (χ2v) is 6.29. The van der Waals surface area contributed by atoms with Gasteiger partial charge in [0, 0.05) is 9.26 Å². The van der Waals surface area contributed by atoms with Gasteiger partial charge in [-0.2, -0.15) is 0 Å². The van der Waals surface area contributed by atoms with Crippen LogP contribution in [0, 0.1) is 10.5 Å². The van der Waals surface area contributed by atoms with Crippen LogP contribution >= 0.6 is 34.2 Å².